The van der Waals surface area contributed by atoms with E-state index in [2.05, 4.69) is 15.5 Å². The zero-order chi connectivity index (χ0) is 21.4. The minimum atomic E-state index is -1.16. The Hall–Kier alpha value is -2.08. The van der Waals surface area contributed by atoms with Gasteiger partial charge in [-0.05, 0) is 24.6 Å². The topological polar surface area (TPSA) is 112 Å². The number of amides is 2. The standard InChI is InChI=1S/C18H15ClN4O4S3/c1-8-21-22-18(30-8)29-7-9-6-28-16-12(15(25)23(16)13(9)17(26)27)20-14(24)10-4-2-3-5-11(10)19/h2-5,12,16H,6-7H2,1H3,(H,20,24)(H,26,27)/t12-,16+/m1/s1. The Morgan fingerprint density at radius 2 is 2.13 bits per heavy atom. The molecule has 0 aliphatic carbocycles. The highest BCUT2D eigenvalue weighted by Crippen LogP contribution is 2.42. The zero-order valence-corrected chi connectivity index (χ0v) is 18.7. The van der Waals surface area contributed by atoms with Crippen LogP contribution in [0.2, 0.25) is 5.02 Å². The lowest BCUT2D eigenvalue weighted by Crippen LogP contribution is -2.70. The molecular weight excluding hydrogens is 468 g/mol. The second-order valence-corrected chi connectivity index (χ2v) is 10.4. The Balaban J connectivity index is 1.49. The fourth-order valence-corrected chi connectivity index (χ4v) is 6.67. The number of hydrogen-bond acceptors (Lipinski definition) is 8. The van der Waals surface area contributed by atoms with Crippen molar-refractivity contribution >= 4 is 64.2 Å². The van der Waals surface area contributed by atoms with Gasteiger partial charge in [-0.2, -0.15) is 0 Å². The van der Waals surface area contributed by atoms with Gasteiger partial charge in [-0.1, -0.05) is 46.8 Å². The highest BCUT2D eigenvalue weighted by atomic mass is 35.5. The summed E-state index contributed by atoms with van der Waals surface area (Å²) in [6, 6.07) is 5.75. The van der Waals surface area contributed by atoms with E-state index in [4.69, 9.17) is 11.6 Å². The first-order chi connectivity index (χ1) is 14.4. The molecule has 8 nitrogen and oxygen atoms in total. The molecule has 0 saturated carbocycles. The number of carboxylic acids is 1. The lowest BCUT2D eigenvalue weighted by molar-refractivity contribution is -0.148. The number of rotatable bonds is 6. The number of fused-ring (bicyclic) bond motifs is 1. The van der Waals surface area contributed by atoms with Crippen LogP contribution < -0.4 is 5.32 Å². The number of carbonyl (C=O) groups is 3. The van der Waals surface area contributed by atoms with Crippen molar-refractivity contribution in [3.63, 3.8) is 0 Å². The molecule has 0 bridgehead atoms. The second-order valence-electron chi connectivity index (χ2n) is 6.47. The molecule has 2 N–H and O–H groups in total. The van der Waals surface area contributed by atoms with E-state index in [1.807, 2.05) is 6.92 Å². The predicted molar refractivity (Wildman–Crippen MR) is 116 cm³/mol. The number of aliphatic carboxylic acids is 1. The van der Waals surface area contributed by atoms with Crippen molar-refractivity contribution in [2.75, 3.05) is 11.5 Å². The van der Waals surface area contributed by atoms with Crippen molar-refractivity contribution in [3.05, 3.63) is 51.1 Å². The van der Waals surface area contributed by atoms with E-state index in [0.29, 0.717) is 17.1 Å². The summed E-state index contributed by atoms with van der Waals surface area (Å²) in [7, 11) is 0. The molecule has 4 rings (SSSR count). The lowest BCUT2D eigenvalue weighted by atomic mass is 10.0. The molecule has 30 heavy (non-hydrogen) atoms. The maximum atomic E-state index is 12.7. The maximum absolute atomic E-state index is 12.7. The third-order valence-electron chi connectivity index (χ3n) is 4.53. The molecule has 1 aromatic carbocycles. The molecular formula is C18H15ClN4O4S3. The van der Waals surface area contributed by atoms with Gasteiger partial charge < -0.3 is 10.4 Å². The van der Waals surface area contributed by atoms with Gasteiger partial charge in [0.25, 0.3) is 11.8 Å². The Kier molecular flexibility index (Phi) is 6.05. The van der Waals surface area contributed by atoms with Gasteiger partial charge in [-0.25, -0.2) is 4.79 Å². The Labute approximate surface area is 189 Å². The summed E-state index contributed by atoms with van der Waals surface area (Å²) in [6.45, 7) is 1.85. The molecule has 12 heteroatoms. The molecule has 2 aliphatic rings. The van der Waals surface area contributed by atoms with Crippen LogP contribution in [0.5, 0.6) is 0 Å². The van der Waals surface area contributed by atoms with Crippen molar-refractivity contribution in [1.29, 1.82) is 0 Å². The lowest BCUT2D eigenvalue weighted by Gasteiger charge is -2.49. The van der Waals surface area contributed by atoms with Crippen LogP contribution in [0.3, 0.4) is 0 Å². The van der Waals surface area contributed by atoms with Crippen LogP contribution in [-0.2, 0) is 9.59 Å². The Bertz CT molecular complexity index is 1070. The van der Waals surface area contributed by atoms with Crippen LogP contribution in [0.1, 0.15) is 15.4 Å². The van der Waals surface area contributed by atoms with Crippen molar-refractivity contribution in [1.82, 2.24) is 20.4 Å². The SMILES string of the molecule is Cc1nnc(SCC2=C(C(=O)O)N3C(=O)[C@@H](NC(=O)c4ccccc4Cl)[C@@H]3SC2)s1. The van der Waals surface area contributed by atoms with Crippen LogP contribution in [0.4, 0.5) is 0 Å². The highest BCUT2D eigenvalue weighted by Gasteiger charge is 2.54. The summed E-state index contributed by atoms with van der Waals surface area (Å²) in [6.07, 6.45) is 0. The van der Waals surface area contributed by atoms with Gasteiger partial charge in [0.1, 0.15) is 22.1 Å². The van der Waals surface area contributed by atoms with Crippen molar-refractivity contribution in [2.24, 2.45) is 0 Å². The molecule has 2 amide bonds. The fourth-order valence-electron chi connectivity index (χ4n) is 3.14. The molecule has 0 radical (unpaired) electrons. The number of thioether (sulfide) groups is 2. The summed E-state index contributed by atoms with van der Waals surface area (Å²) in [5, 5.41) is 21.0. The molecule has 0 spiro atoms. The Morgan fingerprint density at radius 3 is 2.80 bits per heavy atom. The highest BCUT2D eigenvalue weighted by molar-refractivity contribution is 8.01. The number of β-lactam (4-membered cyclic amide) rings is 1. The maximum Gasteiger partial charge on any atom is 0.352 e. The van der Waals surface area contributed by atoms with Crippen LogP contribution in [0.15, 0.2) is 39.9 Å². The molecule has 1 fully saturated rings. The minimum absolute atomic E-state index is 0.0132. The quantitative estimate of drug-likeness (QED) is 0.477. The summed E-state index contributed by atoms with van der Waals surface area (Å²) < 4.78 is 0.747. The van der Waals surface area contributed by atoms with Crippen LogP contribution in [0, 0.1) is 6.92 Å². The van der Waals surface area contributed by atoms with E-state index in [1.54, 1.807) is 24.3 Å². The number of aromatic nitrogens is 2. The number of nitrogens with zero attached hydrogens (tertiary/aromatic N) is 3. The first-order valence-electron chi connectivity index (χ1n) is 8.75. The van der Waals surface area contributed by atoms with Crippen molar-refractivity contribution < 1.29 is 19.5 Å². The predicted octanol–water partition coefficient (Wildman–Crippen LogP) is 2.64. The number of carbonyl (C=O) groups excluding carboxylic acids is 2. The van der Waals surface area contributed by atoms with Gasteiger partial charge in [-0.3, -0.25) is 14.5 Å². The minimum Gasteiger partial charge on any atom is -0.477 e. The molecule has 2 atom stereocenters. The van der Waals surface area contributed by atoms with Crippen LogP contribution in [0.25, 0.3) is 0 Å². The number of aryl methyl sites for hydroxylation is 1. The molecule has 156 valence electrons. The fraction of sp³-hybridized carbons (Fsp3) is 0.278. The van der Waals surface area contributed by atoms with Crippen LogP contribution in [-0.4, -0.2) is 60.9 Å². The van der Waals surface area contributed by atoms with Gasteiger partial charge >= 0.3 is 5.97 Å². The Morgan fingerprint density at radius 1 is 1.37 bits per heavy atom. The first kappa shape index (κ1) is 21.2. The summed E-state index contributed by atoms with van der Waals surface area (Å²) >= 11 is 10.3. The van der Waals surface area contributed by atoms with E-state index >= 15 is 0 Å². The second kappa shape index (κ2) is 8.58. The van der Waals surface area contributed by atoms with Crippen molar-refractivity contribution in [3.8, 4) is 0 Å². The number of carboxylic acid groups (broad SMARTS) is 1. The zero-order valence-electron chi connectivity index (χ0n) is 15.5. The van der Waals surface area contributed by atoms with Gasteiger partial charge in [-0.15, -0.1) is 22.0 Å². The molecule has 1 aromatic heterocycles. The first-order valence-corrected chi connectivity index (χ1v) is 12.0. The van der Waals surface area contributed by atoms with E-state index in [0.717, 1.165) is 9.35 Å². The largest absolute Gasteiger partial charge is 0.477 e. The smallest absolute Gasteiger partial charge is 0.352 e. The van der Waals surface area contributed by atoms with Crippen molar-refractivity contribution in [2.45, 2.75) is 22.7 Å². The number of nitrogens with one attached hydrogen (secondary N) is 1. The third kappa shape index (κ3) is 3.94. The van der Waals surface area contributed by atoms with E-state index in [1.165, 1.54) is 39.8 Å². The number of benzene rings is 1. The monoisotopic (exact) mass is 482 g/mol. The van der Waals surface area contributed by atoms with Gasteiger partial charge in [0.05, 0.1) is 10.6 Å². The summed E-state index contributed by atoms with van der Waals surface area (Å²) in [5.74, 6) is -1.23. The average Bonchev–Trinajstić information content (AvgIpc) is 3.14. The normalized spacial score (nSPS) is 20.6. The van der Waals surface area contributed by atoms with E-state index in [9.17, 15) is 19.5 Å². The van der Waals surface area contributed by atoms with Gasteiger partial charge in [0.2, 0.25) is 0 Å². The number of hydrogen-bond donors (Lipinski definition) is 2. The molecule has 2 aromatic rings. The molecule has 3 heterocycles. The summed E-state index contributed by atoms with van der Waals surface area (Å²) in [5.41, 5.74) is 0.899. The molecule has 2 aliphatic heterocycles. The third-order valence-corrected chi connectivity index (χ3v) is 8.26. The van der Waals surface area contributed by atoms with Gasteiger partial charge in [0, 0.05) is 11.5 Å². The molecule has 1 saturated heterocycles. The van der Waals surface area contributed by atoms with Gasteiger partial charge in [0.15, 0.2) is 4.34 Å². The molecule has 0 unspecified atom stereocenters. The van der Waals surface area contributed by atoms with Crippen LogP contribution >= 0.6 is 46.5 Å². The van der Waals surface area contributed by atoms with E-state index in [-0.39, 0.29) is 16.3 Å². The number of halogens is 1. The summed E-state index contributed by atoms with van der Waals surface area (Å²) in [4.78, 5) is 38.4. The average molecular weight is 483 g/mol. The van der Waals surface area contributed by atoms with E-state index < -0.39 is 29.2 Å².